The van der Waals surface area contributed by atoms with Crippen molar-refractivity contribution >= 4 is 0 Å². The third kappa shape index (κ3) is 1.22. The average Bonchev–Trinajstić information content (AvgIpc) is 1.73. The van der Waals surface area contributed by atoms with Gasteiger partial charge in [-0.05, 0) is 0 Å². The Bertz CT molecular complexity index is 146. The van der Waals surface area contributed by atoms with Crippen LogP contribution in [0.4, 0.5) is 17.6 Å². The fourth-order valence-corrected chi connectivity index (χ4v) is 0.528. The Kier molecular flexibility index (Phi) is 1.41. The van der Waals surface area contributed by atoms with Gasteiger partial charge in [-0.1, -0.05) is 0 Å². The van der Waals surface area contributed by atoms with E-state index in [4.69, 9.17) is 0 Å². The van der Waals surface area contributed by atoms with Crippen LogP contribution in [0, 0.1) is 0 Å². The molecule has 1 fully saturated rings. The second kappa shape index (κ2) is 1.82. The van der Waals surface area contributed by atoms with E-state index in [1.807, 2.05) is 0 Å². The minimum atomic E-state index is -4.15. The molecule has 1 saturated heterocycles. The molecule has 0 aromatic rings. The zero-order chi connectivity index (χ0) is 7.99. The van der Waals surface area contributed by atoms with Gasteiger partial charge in [-0.25, -0.2) is 8.78 Å². The van der Waals surface area contributed by atoms with Gasteiger partial charge >= 0.3 is 6.29 Å². The minimum Gasteiger partial charge on any atom is -0.255 e. The van der Waals surface area contributed by atoms with Crippen molar-refractivity contribution in [1.82, 2.24) is 0 Å². The molecule has 0 bridgehead atoms. The van der Waals surface area contributed by atoms with Crippen molar-refractivity contribution in [3.63, 3.8) is 0 Å². The van der Waals surface area contributed by atoms with E-state index in [9.17, 15) is 17.6 Å². The predicted octanol–water partition coefficient (Wildman–Crippen LogP) is 1.56. The fourth-order valence-electron chi connectivity index (χ4n) is 0.528. The first-order chi connectivity index (χ1) is 4.33. The van der Waals surface area contributed by atoms with Gasteiger partial charge in [-0.3, -0.25) is 9.47 Å². The highest BCUT2D eigenvalue weighted by molar-refractivity contribution is 4.71. The summed E-state index contributed by atoms with van der Waals surface area (Å²) in [6.07, 6.45) is -6.88. The van der Waals surface area contributed by atoms with Crippen molar-refractivity contribution in [2.75, 3.05) is 0 Å². The first-order valence-corrected chi connectivity index (χ1v) is 2.42. The summed E-state index contributed by atoms with van der Waals surface area (Å²) in [5.74, 6) is -3.05. The van der Waals surface area contributed by atoms with Gasteiger partial charge in [-0.2, -0.15) is 0 Å². The van der Waals surface area contributed by atoms with Crippen LogP contribution in [0.25, 0.3) is 0 Å². The summed E-state index contributed by atoms with van der Waals surface area (Å²) in [5, 5.41) is 0. The third-order valence-corrected chi connectivity index (χ3v) is 0.964. The van der Waals surface area contributed by atoms with E-state index in [2.05, 4.69) is 9.47 Å². The first-order valence-electron chi connectivity index (χ1n) is 2.42. The van der Waals surface area contributed by atoms with Crippen LogP contribution in [0.1, 0.15) is 6.92 Å². The molecule has 10 heavy (non-hydrogen) atoms. The number of rotatable bonds is 0. The van der Waals surface area contributed by atoms with Crippen LogP contribution in [0.15, 0.2) is 0 Å². The Morgan fingerprint density at radius 1 is 1.30 bits per heavy atom. The molecular formula is C4H4F4O2. The molecule has 0 aromatic carbocycles. The molecule has 0 N–H and O–H groups in total. The van der Waals surface area contributed by atoms with Gasteiger partial charge in [0.15, 0.2) is 0 Å². The lowest BCUT2D eigenvalue weighted by molar-refractivity contribution is -0.369. The number of alkyl halides is 4. The van der Waals surface area contributed by atoms with Crippen LogP contribution in [0.3, 0.4) is 0 Å². The largest absolute Gasteiger partial charge is 0.491 e. The van der Waals surface area contributed by atoms with Gasteiger partial charge in [0.25, 0.3) is 12.2 Å². The molecule has 0 aliphatic carbocycles. The lowest BCUT2D eigenvalue weighted by Gasteiger charge is -2.10. The van der Waals surface area contributed by atoms with Crippen LogP contribution in [-0.2, 0) is 9.47 Å². The average molecular weight is 160 g/mol. The molecule has 2 nitrogen and oxygen atoms in total. The molecule has 0 saturated carbocycles. The second-order valence-corrected chi connectivity index (χ2v) is 1.99. The highest BCUT2D eigenvalue weighted by Gasteiger charge is 2.58. The van der Waals surface area contributed by atoms with Gasteiger partial charge in [0, 0.05) is 6.92 Å². The van der Waals surface area contributed by atoms with E-state index in [0.717, 1.165) is 0 Å². The van der Waals surface area contributed by atoms with E-state index >= 15 is 0 Å². The molecule has 1 aliphatic heterocycles. The first kappa shape index (κ1) is 7.74. The molecule has 0 spiro atoms. The fraction of sp³-hybridized carbons (Fsp3) is 1.00. The zero-order valence-electron chi connectivity index (χ0n) is 4.91. The highest BCUT2D eigenvalue weighted by Crippen LogP contribution is 2.39. The number of ether oxygens (including phenoxy) is 2. The highest BCUT2D eigenvalue weighted by atomic mass is 19.3. The Balaban J connectivity index is 2.71. The molecule has 0 amide bonds. The SMILES string of the molecule is CC1(F)OC(F)(F)OC1F. The van der Waals surface area contributed by atoms with Crippen LogP contribution in [0.5, 0.6) is 0 Å². The van der Waals surface area contributed by atoms with Crippen molar-refractivity contribution < 1.29 is 27.0 Å². The van der Waals surface area contributed by atoms with Crippen LogP contribution in [0.2, 0.25) is 0 Å². The van der Waals surface area contributed by atoms with Crippen molar-refractivity contribution in [3.05, 3.63) is 0 Å². The standard InChI is InChI=1S/C4H4F4O2/c1-3(6)2(5)9-4(7,8)10-3/h2H,1H3. The maximum absolute atomic E-state index is 12.3. The topological polar surface area (TPSA) is 18.5 Å². The van der Waals surface area contributed by atoms with E-state index in [1.165, 1.54) is 0 Å². The number of hydrogen-bond donors (Lipinski definition) is 0. The molecule has 0 aromatic heterocycles. The zero-order valence-corrected chi connectivity index (χ0v) is 4.91. The van der Waals surface area contributed by atoms with E-state index in [1.54, 1.807) is 0 Å². The lowest BCUT2D eigenvalue weighted by atomic mass is 10.4. The van der Waals surface area contributed by atoms with E-state index in [-0.39, 0.29) is 0 Å². The van der Waals surface area contributed by atoms with Gasteiger partial charge < -0.3 is 0 Å². The quantitative estimate of drug-likeness (QED) is 0.500. The molecular weight excluding hydrogens is 156 g/mol. The minimum absolute atomic E-state index is 0.526. The third-order valence-electron chi connectivity index (χ3n) is 0.964. The monoisotopic (exact) mass is 160 g/mol. The summed E-state index contributed by atoms with van der Waals surface area (Å²) in [7, 11) is 0. The molecule has 1 aliphatic rings. The van der Waals surface area contributed by atoms with Crippen LogP contribution < -0.4 is 0 Å². The smallest absolute Gasteiger partial charge is 0.255 e. The number of halogens is 4. The van der Waals surface area contributed by atoms with Crippen molar-refractivity contribution in [2.24, 2.45) is 0 Å². The van der Waals surface area contributed by atoms with Crippen LogP contribution in [-0.4, -0.2) is 18.5 Å². The van der Waals surface area contributed by atoms with Gasteiger partial charge in [-0.15, -0.1) is 8.78 Å². The molecule has 2 atom stereocenters. The lowest BCUT2D eigenvalue weighted by Crippen LogP contribution is -2.27. The maximum Gasteiger partial charge on any atom is 0.491 e. The molecule has 2 unspecified atom stereocenters. The molecule has 1 rings (SSSR count). The Labute approximate surface area is 53.7 Å². The Morgan fingerprint density at radius 3 is 1.90 bits per heavy atom. The van der Waals surface area contributed by atoms with Crippen molar-refractivity contribution in [2.45, 2.75) is 25.4 Å². The van der Waals surface area contributed by atoms with Crippen LogP contribution >= 0.6 is 0 Å². The number of hydrogen-bond acceptors (Lipinski definition) is 2. The molecule has 0 radical (unpaired) electrons. The predicted molar refractivity (Wildman–Crippen MR) is 21.5 cm³/mol. The van der Waals surface area contributed by atoms with Gasteiger partial charge in [0.2, 0.25) is 0 Å². The van der Waals surface area contributed by atoms with Gasteiger partial charge in [0.1, 0.15) is 0 Å². The van der Waals surface area contributed by atoms with E-state index < -0.39 is 18.5 Å². The maximum atomic E-state index is 12.3. The van der Waals surface area contributed by atoms with Crippen molar-refractivity contribution in [1.29, 1.82) is 0 Å². The summed E-state index contributed by atoms with van der Waals surface area (Å²) >= 11 is 0. The summed E-state index contributed by atoms with van der Waals surface area (Å²) in [6.45, 7) is 0.526. The van der Waals surface area contributed by atoms with E-state index in [0.29, 0.717) is 6.92 Å². The summed E-state index contributed by atoms with van der Waals surface area (Å²) in [6, 6.07) is 0. The summed E-state index contributed by atoms with van der Waals surface area (Å²) in [4.78, 5) is 0. The van der Waals surface area contributed by atoms with Crippen molar-refractivity contribution in [3.8, 4) is 0 Å². The second-order valence-electron chi connectivity index (χ2n) is 1.99. The summed E-state index contributed by atoms with van der Waals surface area (Å²) < 4.78 is 54.2. The Morgan fingerprint density at radius 2 is 1.80 bits per heavy atom. The van der Waals surface area contributed by atoms with Gasteiger partial charge in [0.05, 0.1) is 0 Å². The summed E-state index contributed by atoms with van der Waals surface area (Å²) in [5.41, 5.74) is 0. The molecule has 1 heterocycles. The molecule has 6 heteroatoms. The molecule has 60 valence electrons. The Hall–Kier alpha value is -0.360. The normalized spacial score (nSPS) is 45.9.